The highest BCUT2D eigenvalue weighted by Gasteiger charge is 2.27. The summed E-state index contributed by atoms with van der Waals surface area (Å²) in [5.41, 5.74) is 0. The SMILES string of the molecule is FC(F)(F)CCCn1cc[n+](C[n+]2ccn(CCCC(F)(F)F)c2)c1. The lowest BCUT2D eigenvalue weighted by atomic mass is 10.3. The molecule has 0 saturated heterocycles. The van der Waals surface area contributed by atoms with Crippen LogP contribution >= 0.6 is 0 Å². The van der Waals surface area contributed by atoms with Gasteiger partial charge in [0.25, 0.3) is 0 Å². The van der Waals surface area contributed by atoms with E-state index in [-0.39, 0.29) is 25.9 Å². The number of hydrogen-bond acceptors (Lipinski definition) is 0. The van der Waals surface area contributed by atoms with Crippen molar-refractivity contribution in [1.29, 1.82) is 0 Å². The lowest BCUT2D eigenvalue weighted by Gasteiger charge is -2.03. The minimum Gasteiger partial charge on any atom is -0.237 e. The molecule has 0 amide bonds. The van der Waals surface area contributed by atoms with Crippen LogP contribution in [0.5, 0.6) is 0 Å². The summed E-state index contributed by atoms with van der Waals surface area (Å²) in [6.07, 6.45) is 0.359. The van der Waals surface area contributed by atoms with E-state index < -0.39 is 25.2 Å². The van der Waals surface area contributed by atoms with Crippen LogP contribution < -0.4 is 9.13 Å². The molecule has 2 aromatic rings. The van der Waals surface area contributed by atoms with Crippen LogP contribution in [-0.4, -0.2) is 21.5 Å². The molecule has 0 unspecified atom stereocenters. The van der Waals surface area contributed by atoms with Crippen molar-refractivity contribution in [3.05, 3.63) is 37.4 Å². The molecule has 0 aliphatic rings. The molecule has 0 fully saturated rings. The van der Waals surface area contributed by atoms with Crippen molar-refractivity contribution >= 4 is 0 Å². The highest BCUT2D eigenvalue weighted by molar-refractivity contribution is 4.68. The van der Waals surface area contributed by atoms with Gasteiger partial charge in [0.2, 0.25) is 19.3 Å². The number of imidazole rings is 2. The maximum absolute atomic E-state index is 12.1. The summed E-state index contributed by atoms with van der Waals surface area (Å²) >= 11 is 0. The second-order valence-electron chi connectivity index (χ2n) is 5.91. The molecule has 0 N–H and O–H groups in total. The standard InChI is InChI=1S/C15H20F6N4/c16-14(17,18)3-1-5-22-7-9-24(11-22)13-25-10-8-23(12-25)6-2-4-15(19,20)21/h7-12H,1-6,13H2/q+2. The summed E-state index contributed by atoms with van der Waals surface area (Å²) in [7, 11) is 0. The van der Waals surface area contributed by atoms with Crippen molar-refractivity contribution in [3.63, 3.8) is 0 Å². The first kappa shape index (κ1) is 19.3. The Labute approximate surface area is 140 Å². The van der Waals surface area contributed by atoms with E-state index in [2.05, 4.69) is 0 Å². The van der Waals surface area contributed by atoms with Gasteiger partial charge in [-0.2, -0.15) is 35.5 Å². The number of aromatic nitrogens is 4. The Balaban J connectivity index is 1.79. The Kier molecular flexibility index (Phi) is 6.12. The molecule has 0 bridgehead atoms. The Morgan fingerprint density at radius 3 is 1.44 bits per heavy atom. The summed E-state index contributed by atoms with van der Waals surface area (Å²) in [6, 6.07) is 0. The largest absolute Gasteiger partial charge is 0.389 e. The fourth-order valence-electron chi connectivity index (χ4n) is 2.42. The van der Waals surface area contributed by atoms with E-state index >= 15 is 0 Å². The Morgan fingerprint density at radius 1 is 0.680 bits per heavy atom. The average Bonchev–Trinajstić information content (AvgIpc) is 3.06. The Hall–Kier alpha value is -2.00. The molecule has 0 aromatic carbocycles. The zero-order valence-corrected chi connectivity index (χ0v) is 13.5. The molecule has 0 radical (unpaired) electrons. The summed E-state index contributed by atoms with van der Waals surface area (Å²) in [5, 5.41) is 0. The normalized spacial score (nSPS) is 12.7. The molecule has 0 aliphatic heterocycles. The smallest absolute Gasteiger partial charge is 0.237 e. The van der Waals surface area contributed by atoms with E-state index in [1.54, 1.807) is 55.7 Å². The van der Waals surface area contributed by atoms with Gasteiger partial charge in [-0.05, 0) is 12.8 Å². The van der Waals surface area contributed by atoms with E-state index in [1.807, 2.05) is 0 Å². The van der Waals surface area contributed by atoms with Crippen LogP contribution in [-0.2, 0) is 19.8 Å². The summed E-state index contributed by atoms with van der Waals surface area (Å²) in [5.74, 6) is 0. The quantitative estimate of drug-likeness (QED) is 0.502. The van der Waals surface area contributed by atoms with E-state index in [0.29, 0.717) is 6.67 Å². The van der Waals surface area contributed by atoms with Gasteiger partial charge in [-0.15, -0.1) is 0 Å². The molecule has 4 nitrogen and oxygen atoms in total. The fraction of sp³-hybridized carbons (Fsp3) is 0.600. The van der Waals surface area contributed by atoms with Crippen molar-refractivity contribution in [2.24, 2.45) is 0 Å². The molecule has 0 atom stereocenters. The zero-order chi connectivity index (χ0) is 18.5. The van der Waals surface area contributed by atoms with Gasteiger partial charge in [-0.1, -0.05) is 0 Å². The summed E-state index contributed by atoms with van der Waals surface area (Å²) in [6.45, 7) is 0.976. The van der Waals surface area contributed by atoms with Crippen LogP contribution in [0.4, 0.5) is 26.3 Å². The van der Waals surface area contributed by atoms with Crippen LogP contribution in [0.1, 0.15) is 25.7 Å². The summed E-state index contributed by atoms with van der Waals surface area (Å²) < 4.78 is 79.7. The maximum atomic E-state index is 12.1. The average molecular weight is 370 g/mol. The highest BCUT2D eigenvalue weighted by atomic mass is 19.4. The van der Waals surface area contributed by atoms with Gasteiger partial charge in [-0.3, -0.25) is 0 Å². The topological polar surface area (TPSA) is 17.6 Å². The number of hydrogen-bond donors (Lipinski definition) is 0. The number of rotatable bonds is 8. The van der Waals surface area contributed by atoms with Crippen LogP contribution in [0.15, 0.2) is 37.4 Å². The van der Waals surface area contributed by atoms with Crippen molar-refractivity contribution in [3.8, 4) is 0 Å². The molecule has 140 valence electrons. The predicted molar refractivity (Wildman–Crippen MR) is 75.2 cm³/mol. The van der Waals surface area contributed by atoms with Crippen LogP contribution in [0.2, 0.25) is 0 Å². The molecule has 2 aromatic heterocycles. The number of alkyl halides is 6. The molecule has 0 aliphatic carbocycles. The Morgan fingerprint density at radius 2 is 1.08 bits per heavy atom. The maximum Gasteiger partial charge on any atom is 0.389 e. The minimum atomic E-state index is -4.14. The first-order chi connectivity index (χ1) is 11.6. The number of nitrogens with zero attached hydrogens (tertiary/aromatic N) is 4. The third-order valence-corrected chi connectivity index (χ3v) is 3.57. The second kappa shape index (κ2) is 7.92. The molecule has 10 heteroatoms. The Bertz CT molecular complexity index is 599. The van der Waals surface area contributed by atoms with Crippen molar-refractivity contribution < 1.29 is 35.5 Å². The van der Waals surface area contributed by atoms with Gasteiger partial charge in [0.1, 0.15) is 24.8 Å². The molecule has 2 heterocycles. The molecule has 25 heavy (non-hydrogen) atoms. The number of halogens is 6. The van der Waals surface area contributed by atoms with Gasteiger partial charge < -0.3 is 0 Å². The van der Waals surface area contributed by atoms with E-state index in [9.17, 15) is 26.3 Å². The molecule has 2 rings (SSSR count). The van der Waals surface area contributed by atoms with Crippen molar-refractivity contribution in [2.75, 3.05) is 0 Å². The van der Waals surface area contributed by atoms with Gasteiger partial charge >= 0.3 is 12.4 Å². The van der Waals surface area contributed by atoms with E-state index in [1.165, 1.54) is 0 Å². The highest BCUT2D eigenvalue weighted by Crippen LogP contribution is 2.22. The first-order valence-corrected chi connectivity index (χ1v) is 7.84. The summed E-state index contributed by atoms with van der Waals surface area (Å²) in [4.78, 5) is 0. The van der Waals surface area contributed by atoms with Gasteiger partial charge in [0.15, 0.2) is 0 Å². The third-order valence-electron chi connectivity index (χ3n) is 3.57. The van der Waals surface area contributed by atoms with Crippen LogP contribution in [0.25, 0.3) is 0 Å². The molecular weight excluding hydrogens is 350 g/mol. The molecule has 0 saturated carbocycles. The third kappa shape index (κ3) is 7.61. The minimum absolute atomic E-state index is 0.0148. The monoisotopic (exact) mass is 370 g/mol. The van der Waals surface area contributed by atoms with Crippen molar-refractivity contribution in [2.45, 2.75) is 57.8 Å². The van der Waals surface area contributed by atoms with Crippen LogP contribution in [0, 0.1) is 0 Å². The lowest BCUT2D eigenvalue weighted by Crippen LogP contribution is -2.49. The molecular formula is C15H20F6N4+2. The van der Waals surface area contributed by atoms with Crippen LogP contribution in [0.3, 0.4) is 0 Å². The number of aryl methyl sites for hydroxylation is 2. The van der Waals surface area contributed by atoms with Gasteiger partial charge in [-0.25, -0.2) is 9.13 Å². The molecule has 0 spiro atoms. The van der Waals surface area contributed by atoms with Crippen molar-refractivity contribution in [1.82, 2.24) is 9.13 Å². The zero-order valence-electron chi connectivity index (χ0n) is 13.5. The first-order valence-electron chi connectivity index (χ1n) is 7.84. The van der Waals surface area contributed by atoms with E-state index in [0.717, 1.165) is 0 Å². The van der Waals surface area contributed by atoms with Gasteiger partial charge in [0, 0.05) is 12.8 Å². The lowest BCUT2D eigenvalue weighted by molar-refractivity contribution is -0.912. The van der Waals surface area contributed by atoms with E-state index in [4.69, 9.17) is 0 Å². The predicted octanol–water partition coefficient (Wildman–Crippen LogP) is 3.06. The fourth-order valence-corrected chi connectivity index (χ4v) is 2.42. The second-order valence-corrected chi connectivity index (χ2v) is 5.91. The van der Waals surface area contributed by atoms with Gasteiger partial charge in [0.05, 0.1) is 13.1 Å².